The van der Waals surface area contributed by atoms with E-state index in [0.29, 0.717) is 84.8 Å². The summed E-state index contributed by atoms with van der Waals surface area (Å²) in [6, 6.07) is 26.0. The van der Waals surface area contributed by atoms with Crippen LogP contribution in [0.1, 0.15) is 204 Å². The van der Waals surface area contributed by atoms with Crippen molar-refractivity contribution in [3.05, 3.63) is 197 Å². The number of benzene rings is 6. The average Bonchev–Trinajstić information content (AvgIpc) is 1.50. The Bertz CT molecular complexity index is 5670. The van der Waals surface area contributed by atoms with Crippen LogP contribution < -0.4 is 44.9 Å². The fraction of sp³-hybridized carbons (Fsp3) is 0.489. The van der Waals surface area contributed by atoms with Gasteiger partial charge in [-0.25, -0.2) is 23.2 Å². The minimum absolute atomic E-state index is 0.000186. The van der Waals surface area contributed by atoms with Gasteiger partial charge in [-0.15, -0.1) is 0 Å². The number of piperidine rings is 2. The molecule has 5 N–H and O–H groups in total. The van der Waals surface area contributed by atoms with Crippen molar-refractivity contribution in [3.63, 3.8) is 0 Å². The molecule has 6 fully saturated rings. The number of likely N-dealkylation sites (tertiary alicyclic amines) is 1. The monoisotopic (exact) mass is 1960 g/mol. The van der Waals surface area contributed by atoms with E-state index in [1.54, 1.807) is 87.4 Å². The number of carbonyl (C=O) groups is 5. The molecule has 14 rings (SSSR count). The van der Waals surface area contributed by atoms with E-state index in [-0.39, 0.29) is 150 Å². The van der Waals surface area contributed by atoms with E-state index in [9.17, 15) is 66.7 Å². The predicted molar refractivity (Wildman–Crippen MR) is 504 cm³/mol. The van der Waals surface area contributed by atoms with Gasteiger partial charge >= 0.3 is 48.4 Å². The number of hydrogen-bond acceptors (Lipinski definition) is 30. The highest BCUT2D eigenvalue weighted by molar-refractivity contribution is 7.72. The van der Waals surface area contributed by atoms with Gasteiger partial charge in [0.05, 0.1) is 81.7 Å². The number of carbonyl (C=O) groups excluding carboxylic acids is 5. The molecule has 8 aromatic rings. The van der Waals surface area contributed by atoms with Crippen molar-refractivity contribution in [2.24, 2.45) is 11.8 Å². The zero-order chi connectivity index (χ0) is 97.9. The summed E-state index contributed by atoms with van der Waals surface area (Å²) >= 11 is 0. The Morgan fingerprint density at radius 3 is 1.38 bits per heavy atom. The summed E-state index contributed by atoms with van der Waals surface area (Å²) in [6.07, 6.45) is 11.1. The summed E-state index contributed by atoms with van der Waals surface area (Å²) in [4.78, 5) is 128. The number of fused-ring (bicyclic) bond motifs is 4. The lowest BCUT2D eigenvalue weighted by Crippen LogP contribution is -2.50. The van der Waals surface area contributed by atoms with Crippen molar-refractivity contribution >= 4 is 102 Å². The molecule has 7 atom stereocenters. The standard InChI is InChI=1S/C41H56FN3O10P2.C29H31FN3O8P.C15H26O7P2.C7H6O2.O2/c1-9-51-56(12-4)39(57(49,52-10-2)53-11-3)26-15-19-29(20-16-26)54-38(47)31-24-45(28-17-18-28)34-30(36(31)46)22-32(42)35(37(34)50-8)43-23-27-14-13-21-44(33(27)25-43)40(48)55-41(5,6)7;1-40-28-25-20(11-22(30)26(28)32-12-17-3-2-10-31-23(17)14-32)27(35)21(13-33(25)18-6-7-18)29(36)41-19-8-4-16(5-9-19)24(15-34)42(37,38)39;1-5-19-23(17,20-6-2)15(13-9-11-14(16)12-10-13)24(18,21-7-3)22-8-4;8-5-6-1-3-7(9)4-2-6;1-2/h15-16,19-20,22,24,27-28,33,39H,9-14,17-18,21,23,25H2,1-8H3;4-5,8-9,11,13,15,17-18,23-24,31H,2-3,6-7,10,12,14H2,1H3,(H2,37,38,39);9-12,15-16H,5-8H2,1-4H3;1-5,9H;/t27-,33+,39?,56?;17-,23+,24?;;;/m00.../s1. The van der Waals surface area contributed by atoms with Crippen molar-refractivity contribution in [3.8, 4) is 34.5 Å². The first-order valence-electron chi connectivity index (χ1n) is 44.5. The zero-order valence-corrected chi connectivity index (χ0v) is 81.6. The van der Waals surface area contributed by atoms with Crippen LogP contribution in [0.3, 0.4) is 0 Å². The maximum Gasteiger partial charge on any atom is 0.410 e. The largest absolute Gasteiger partial charge is 0.508 e. The van der Waals surface area contributed by atoms with Crippen molar-refractivity contribution in [2.75, 3.05) is 116 Å². The molecule has 2 aromatic heterocycles. The summed E-state index contributed by atoms with van der Waals surface area (Å²) < 4.78 is 156. The summed E-state index contributed by atoms with van der Waals surface area (Å²) in [5.74, 6) is -1.78. The van der Waals surface area contributed by atoms with Crippen LogP contribution in [-0.4, -0.2) is 188 Å². The maximum absolute atomic E-state index is 16.5. The van der Waals surface area contributed by atoms with Crippen LogP contribution in [0, 0.1) is 33.4 Å². The molecule has 730 valence electrons. The quantitative estimate of drug-likeness (QED) is 0.0107. The summed E-state index contributed by atoms with van der Waals surface area (Å²) in [7, 11) is -14.4. The van der Waals surface area contributed by atoms with Crippen LogP contribution >= 0.6 is 38.5 Å². The third-order valence-corrected chi connectivity index (χ3v) is 35.9. The van der Waals surface area contributed by atoms with Gasteiger partial charge in [0.1, 0.15) is 74.7 Å². The lowest BCUT2D eigenvalue weighted by molar-refractivity contribution is -0.107. The Morgan fingerprint density at radius 2 is 0.978 bits per heavy atom. The van der Waals surface area contributed by atoms with Crippen molar-refractivity contribution in [2.45, 2.75) is 174 Å². The summed E-state index contributed by atoms with van der Waals surface area (Å²) in [5, 5.41) is 19.9. The Labute approximate surface area is 776 Å². The highest BCUT2D eigenvalue weighted by Gasteiger charge is 2.53. The molecule has 35 nitrogen and oxygen atoms in total. The molecule has 2 aliphatic carbocycles. The lowest BCUT2D eigenvalue weighted by atomic mass is 9.92. The number of amides is 1. The molecule has 3 unspecified atom stereocenters. The Hall–Kier alpha value is -9.50. The second kappa shape index (κ2) is 47.5. The Balaban J connectivity index is 0.000000210. The number of esters is 2. The molecular formula is C92H119F2N6O29P5. The van der Waals surface area contributed by atoms with Crippen LogP contribution in [0.2, 0.25) is 0 Å². The topological polar surface area (TPSA) is 445 Å². The van der Waals surface area contributed by atoms with Crippen molar-refractivity contribution in [1.29, 1.82) is 0 Å². The van der Waals surface area contributed by atoms with Gasteiger partial charge in [0, 0.05) is 93.5 Å². The van der Waals surface area contributed by atoms with Gasteiger partial charge in [0.25, 0.3) is 0 Å². The first kappa shape index (κ1) is 107. The minimum Gasteiger partial charge on any atom is -0.508 e. The third-order valence-electron chi connectivity index (χ3n) is 22.9. The number of ether oxygens (including phenoxy) is 5. The normalized spacial score (nSPS) is 17.9. The van der Waals surface area contributed by atoms with Crippen molar-refractivity contribution < 1.29 is 126 Å². The number of aromatic nitrogens is 2. The number of hydrogen-bond donors (Lipinski definition) is 5. The number of nitrogens with one attached hydrogen (secondary N) is 1. The first-order valence-corrected chi connectivity index (χ1v) is 52.5. The van der Waals surface area contributed by atoms with Gasteiger partial charge in [-0.3, -0.25) is 32.6 Å². The van der Waals surface area contributed by atoms with Gasteiger partial charge in [-0.2, -0.15) is 0 Å². The molecule has 0 radical (unpaired) electrons. The average molecular weight is 1970 g/mol. The lowest BCUT2D eigenvalue weighted by Gasteiger charge is -2.37. The highest BCUT2D eigenvalue weighted by Crippen LogP contribution is 2.79. The number of nitrogens with zero attached hydrogens (tertiary/aromatic N) is 5. The van der Waals surface area contributed by atoms with E-state index in [1.807, 2.05) is 49.0 Å². The van der Waals surface area contributed by atoms with Gasteiger partial charge < -0.3 is 109 Å². The third kappa shape index (κ3) is 25.3. The fourth-order valence-electron chi connectivity index (χ4n) is 17.1. The molecule has 42 heteroatoms. The van der Waals surface area contributed by atoms with E-state index in [4.69, 9.17) is 70.4 Å². The second-order valence-corrected chi connectivity index (χ2v) is 44.3. The smallest absolute Gasteiger partial charge is 0.410 e. The molecule has 2 saturated carbocycles. The molecule has 4 saturated heterocycles. The summed E-state index contributed by atoms with van der Waals surface area (Å²) in [6.45, 7) is 24.5. The van der Waals surface area contributed by atoms with E-state index >= 15 is 8.78 Å². The molecule has 6 aromatic carbocycles. The molecule has 6 heterocycles. The van der Waals surface area contributed by atoms with Crippen LogP contribution in [0.25, 0.3) is 21.8 Å². The van der Waals surface area contributed by atoms with Crippen LogP contribution in [0.4, 0.5) is 25.0 Å². The SMILES string of the molecule is CCOP(=O)(OCC)C(c1ccc(O)cc1)P(=O)(OCC)OCC.CCOP(CC)C(c1ccc(OC(=O)c2cn(C3CC3)c3c(OC)c(N4C[C@@H]5CCCN(C(=O)OC(C)(C)C)[C@@H]5C4)c(F)cc3c2=O)cc1)P(=O)(OCC)OCC.COc1c(N2C[C@@H]3CCCN[C@@H]3C2)c(F)cc2c(=O)c(C(=O)Oc3ccc(C(C=O)P(=O)(O)O)cc3)cn(C3CC3)c12.O=Cc1ccc(O)cc1.O=O. The number of aromatic hydroxyl groups is 2. The van der Waals surface area contributed by atoms with E-state index in [2.05, 4.69) is 5.32 Å². The number of methoxy groups -OCH3 is 2. The van der Waals surface area contributed by atoms with Crippen LogP contribution in [-0.2, 0) is 59.5 Å². The van der Waals surface area contributed by atoms with E-state index in [0.717, 1.165) is 64.2 Å². The second-order valence-electron chi connectivity index (χ2n) is 33.1. The minimum atomic E-state index is -4.72. The Morgan fingerprint density at radius 1 is 0.552 bits per heavy atom. The number of pyridine rings is 2. The number of phenols is 2. The molecular weight excluding hydrogens is 1850 g/mol. The number of halogens is 2. The summed E-state index contributed by atoms with van der Waals surface area (Å²) in [5.41, 5.74) is -1.17. The predicted octanol–water partition coefficient (Wildman–Crippen LogP) is 18.8. The van der Waals surface area contributed by atoms with E-state index < -0.39 is 95.0 Å². The molecule has 134 heavy (non-hydrogen) atoms. The van der Waals surface area contributed by atoms with Crippen molar-refractivity contribution in [1.82, 2.24) is 19.4 Å². The fourth-order valence-corrected chi connectivity index (χ4v) is 28.7. The van der Waals surface area contributed by atoms with Gasteiger partial charge in [0.2, 0.25) is 10.9 Å². The number of aldehydes is 2. The molecule has 0 bridgehead atoms. The highest BCUT2D eigenvalue weighted by atomic mass is 31.2. The number of phenolic OH excluding ortho intramolecular Hbond substituents is 2. The Kier molecular flexibility index (Phi) is 37.8. The first-order chi connectivity index (χ1) is 64.0. The molecule has 1 amide bonds. The van der Waals surface area contributed by atoms with Crippen LogP contribution in [0.15, 0.2) is 131 Å². The molecule has 0 spiro atoms. The zero-order valence-electron chi connectivity index (χ0n) is 77.2. The number of rotatable bonds is 35. The van der Waals surface area contributed by atoms with Gasteiger partial charge in [-0.05, 0) is 235 Å². The maximum atomic E-state index is 16.5. The van der Waals surface area contributed by atoms with E-state index in [1.165, 1.54) is 99.4 Å². The molecule has 6 aliphatic rings. The van der Waals surface area contributed by atoms with Gasteiger partial charge in [-0.1, -0.05) is 43.3 Å². The van der Waals surface area contributed by atoms with Crippen LogP contribution in [0.5, 0.6) is 34.5 Å². The molecule has 4 aliphatic heterocycles. The number of anilines is 2. The van der Waals surface area contributed by atoms with Gasteiger partial charge in [0.15, 0.2) is 28.5 Å².